The summed E-state index contributed by atoms with van der Waals surface area (Å²) < 4.78 is 5.67. The Morgan fingerprint density at radius 2 is 1.71 bits per heavy atom. The maximum Gasteiger partial charge on any atom is 0.234 e. The lowest BCUT2D eigenvalue weighted by atomic mass is 10.1. The minimum atomic E-state index is -0.0266. The predicted octanol–water partition coefficient (Wildman–Crippen LogP) is 2.64. The van der Waals surface area contributed by atoms with Gasteiger partial charge in [0.2, 0.25) is 11.8 Å². The average Bonchev–Trinajstić information content (AvgIpc) is 3.59. The molecule has 1 saturated carbocycles. The summed E-state index contributed by atoms with van der Waals surface area (Å²) in [5.41, 5.74) is 0.611. The first-order valence-corrected chi connectivity index (χ1v) is 11.6. The van der Waals surface area contributed by atoms with Gasteiger partial charge in [0.25, 0.3) is 0 Å². The van der Waals surface area contributed by atoms with E-state index in [1.165, 1.54) is 0 Å². The van der Waals surface area contributed by atoms with Gasteiger partial charge in [-0.2, -0.15) is 0 Å². The molecule has 1 aromatic carbocycles. The van der Waals surface area contributed by atoms with E-state index in [4.69, 9.17) is 4.74 Å². The molecule has 7 heteroatoms. The second kappa shape index (κ2) is 11.8. The maximum absolute atomic E-state index is 12.5. The fourth-order valence-electron chi connectivity index (χ4n) is 3.66. The molecule has 1 aromatic rings. The van der Waals surface area contributed by atoms with Crippen molar-refractivity contribution in [1.82, 2.24) is 15.1 Å². The first-order chi connectivity index (χ1) is 15.0. The van der Waals surface area contributed by atoms with Gasteiger partial charge in [-0.15, -0.1) is 0 Å². The zero-order valence-electron chi connectivity index (χ0n) is 18.6. The van der Waals surface area contributed by atoms with Crippen molar-refractivity contribution in [2.45, 2.75) is 57.9 Å². The first-order valence-electron chi connectivity index (χ1n) is 11.6. The Morgan fingerprint density at radius 3 is 2.35 bits per heavy atom. The molecule has 2 fully saturated rings. The molecule has 0 unspecified atom stereocenters. The van der Waals surface area contributed by atoms with Crippen LogP contribution in [0.4, 0.5) is 0 Å². The van der Waals surface area contributed by atoms with Crippen LogP contribution < -0.4 is 10.1 Å². The quantitative estimate of drug-likeness (QED) is 0.408. The highest BCUT2D eigenvalue weighted by molar-refractivity contribution is 5.98. The van der Waals surface area contributed by atoms with Crippen molar-refractivity contribution in [3.05, 3.63) is 29.8 Å². The number of hydrogen-bond donors (Lipinski definition) is 1. The predicted molar refractivity (Wildman–Crippen MR) is 119 cm³/mol. The summed E-state index contributed by atoms with van der Waals surface area (Å²) >= 11 is 0. The van der Waals surface area contributed by atoms with E-state index in [0.717, 1.165) is 37.9 Å². The summed E-state index contributed by atoms with van der Waals surface area (Å²) in [4.78, 5) is 40.7. The molecule has 3 rings (SSSR count). The van der Waals surface area contributed by atoms with E-state index in [-0.39, 0.29) is 30.4 Å². The minimum Gasteiger partial charge on any atom is -0.494 e. The fraction of sp³-hybridized carbons (Fsp3) is 0.625. The summed E-state index contributed by atoms with van der Waals surface area (Å²) in [7, 11) is 0. The first kappa shape index (κ1) is 23.3. The van der Waals surface area contributed by atoms with E-state index >= 15 is 0 Å². The van der Waals surface area contributed by atoms with E-state index in [9.17, 15) is 14.4 Å². The molecule has 1 N–H and O–H groups in total. The molecule has 1 saturated heterocycles. The molecule has 7 nitrogen and oxygen atoms in total. The normalized spacial score (nSPS) is 16.7. The van der Waals surface area contributed by atoms with Gasteiger partial charge in [0.1, 0.15) is 5.75 Å². The largest absolute Gasteiger partial charge is 0.494 e. The fourth-order valence-corrected chi connectivity index (χ4v) is 3.66. The summed E-state index contributed by atoms with van der Waals surface area (Å²) in [6.45, 7) is 5.84. The molecule has 0 spiro atoms. The lowest BCUT2D eigenvalue weighted by Crippen LogP contribution is -2.51. The highest BCUT2D eigenvalue weighted by atomic mass is 16.5. The van der Waals surface area contributed by atoms with Gasteiger partial charge in [0.15, 0.2) is 5.78 Å². The highest BCUT2D eigenvalue weighted by Gasteiger charge is 2.26. The highest BCUT2D eigenvalue weighted by Crippen LogP contribution is 2.18. The molecule has 31 heavy (non-hydrogen) atoms. The van der Waals surface area contributed by atoms with Gasteiger partial charge in [-0.1, -0.05) is 19.8 Å². The third-order valence-electron chi connectivity index (χ3n) is 5.79. The number of ether oxygens (including phenoxy) is 1. The lowest BCUT2D eigenvalue weighted by Gasteiger charge is -2.34. The van der Waals surface area contributed by atoms with E-state index in [2.05, 4.69) is 17.1 Å². The van der Waals surface area contributed by atoms with Crippen molar-refractivity contribution in [2.75, 3.05) is 39.3 Å². The lowest BCUT2D eigenvalue weighted by molar-refractivity contribution is -0.133. The van der Waals surface area contributed by atoms with Crippen LogP contribution in [0.2, 0.25) is 0 Å². The molecule has 1 aliphatic carbocycles. The number of unbranched alkanes of at least 4 members (excludes halogenated alkanes) is 2. The number of amides is 2. The molecule has 1 aliphatic heterocycles. The second-order valence-corrected chi connectivity index (χ2v) is 8.50. The Morgan fingerprint density at radius 1 is 1.00 bits per heavy atom. The summed E-state index contributed by atoms with van der Waals surface area (Å²) in [5.74, 6) is 0.824. The van der Waals surface area contributed by atoms with Crippen LogP contribution in [0.1, 0.15) is 62.2 Å². The van der Waals surface area contributed by atoms with Gasteiger partial charge in [-0.05, 0) is 43.5 Å². The second-order valence-electron chi connectivity index (χ2n) is 8.50. The van der Waals surface area contributed by atoms with E-state index < -0.39 is 0 Å². The van der Waals surface area contributed by atoms with E-state index in [1.807, 2.05) is 12.1 Å². The number of hydrogen-bond acceptors (Lipinski definition) is 5. The Balaban J connectivity index is 1.33. The molecule has 170 valence electrons. The number of nitrogens with one attached hydrogen (secondary N) is 1. The van der Waals surface area contributed by atoms with Gasteiger partial charge < -0.3 is 15.0 Å². The van der Waals surface area contributed by atoms with Gasteiger partial charge in [-0.3, -0.25) is 19.3 Å². The van der Waals surface area contributed by atoms with Crippen molar-refractivity contribution in [3.63, 3.8) is 0 Å². The van der Waals surface area contributed by atoms with Crippen molar-refractivity contribution in [1.29, 1.82) is 0 Å². The van der Waals surface area contributed by atoms with Gasteiger partial charge in [0, 0.05) is 50.6 Å². The minimum absolute atomic E-state index is 0.00584. The Bertz CT molecular complexity index is 738. The number of nitrogens with zero attached hydrogens (tertiary/aromatic N) is 2. The van der Waals surface area contributed by atoms with Gasteiger partial charge in [0.05, 0.1) is 13.2 Å². The molecule has 0 aromatic heterocycles. The molecule has 2 aliphatic rings. The number of piperazine rings is 1. The van der Waals surface area contributed by atoms with Crippen molar-refractivity contribution >= 4 is 17.6 Å². The van der Waals surface area contributed by atoms with Gasteiger partial charge in [-0.25, -0.2) is 0 Å². The van der Waals surface area contributed by atoms with Crippen LogP contribution in [0.3, 0.4) is 0 Å². The van der Waals surface area contributed by atoms with Crippen LogP contribution >= 0.6 is 0 Å². The molecular weight excluding hydrogens is 394 g/mol. The summed E-state index contributed by atoms with van der Waals surface area (Å²) in [6.07, 6.45) is 5.93. The van der Waals surface area contributed by atoms with E-state index in [0.29, 0.717) is 50.9 Å². The summed E-state index contributed by atoms with van der Waals surface area (Å²) in [6, 6.07) is 7.56. The molecule has 0 bridgehead atoms. The Hall–Kier alpha value is -2.41. The van der Waals surface area contributed by atoms with Gasteiger partial charge >= 0.3 is 0 Å². The zero-order valence-corrected chi connectivity index (χ0v) is 18.6. The number of Topliss-reactive ketones (excluding diaryl/α,β-unsaturated/α-hetero) is 1. The molecule has 2 amide bonds. The van der Waals surface area contributed by atoms with Crippen LogP contribution in [0.5, 0.6) is 5.75 Å². The smallest absolute Gasteiger partial charge is 0.234 e. The molecule has 1 heterocycles. The number of carbonyl (C=O) groups is 3. The van der Waals surface area contributed by atoms with Crippen LogP contribution in [0.15, 0.2) is 24.3 Å². The number of ketones is 1. The zero-order chi connectivity index (χ0) is 22.1. The monoisotopic (exact) mass is 429 g/mol. The van der Waals surface area contributed by atoms with Crippen LogP contribution in [0.25, 0.3) is 0 Å². The number of benzene rings is 1. The topological polar surface area (TPSA) is 79.0 Å². The Labute approximate surface area is 185 Å². The third kappa shape index (κ3) is 7.98. The number of rotatable bonds is 12. The maximum atomic E-state index is 12.5. The van der Waals surface area contributed by atoms with Crippen molar-refractivity contribution in [3.8, 4) is 5.75 Å². The SMILES string of the molecule is CCCCCOc1ccc(C(=O)CCC(=O)N2CCN(CC(=O)NC3CC3)CC2)cc1. The average molecular weight is 430 g/mol. The third-order valence-corrected chi connectivity index (χ3v) is 5.79. The van der Waals surface area contributed by atoms with Crippen LogP contribution in [0, 0.1) is 0 Å². The Kier molecular flexibility index (Phi) is 8.88. The van der Waals surface area contributed by atoms with Crippen LogP contribution in [-0.2, 0) is 9.59 Å². The molecular formula is C24H35N3O4. The van der Waals surface area contributed by atoms with Crippen molar-refractivity contribution in [2.24, 2.45) is 0 Å². The standard InChI is InChI=1S/C24H35N3O4/c1-2-3-4-17-31-21-9-5-19(6-10-21)22(28)11-12-24(30)27-15-13-26(14-16-27)18-23(29)25-20-7-8-20/h5-6,9-10,20H,2-4,7-8,11-18H2,1H3,(H,25,29). The number of carbonyl (C=O) groups excluding carboxylic acids is 3. The summed E-state index contributed by atoms with van der Waals surface area (Å²) in [5, 5.41) is 3.00. The van der Waals surface area contributed by atoms with Crippen LogP contribution in [-0.4, -0.2) is 72.8 Å². The van der Waals surface area contributed by atoms with E-state index in [1.54, 1.807) is 17.0 Å². The molecule has 0 atom stereocenters. The van der Waals surface area contributed by atoms with Crippen molar-refractivity contribution < 1.29 is 19.1 Å². The molecule has 0 radical (unpaired) electrons.